The fourth-order valence-electron chi connectivity index (χ4n) is 4.64. The number of carboxylic acid groups (broad SMARTS) is 1. The highest BCUT2D eigenvalue weighted by Crippen LogP contribution is 2.28. The van der Waals surface area contributed by atoms with Crippen molar-refractivity contribution in [3.63, 3.8) is 0 Å². The third-order valence-corrected chi connectivity index (χ3v) is 6.63. The van der Waals surface area contributed by atoms with Gasteiger partial charge in [-0.1, -0.05) is 133 Å². The molecule has 0 radical (unpaired) electrons. The van der Waals surface area contributed by atoms with Crippen LogP contribution in [0.1, 0.15) is 128 Å². The molecular formula is C28H45N3O2. The minimum absolute atomic E-state index is 0.503. The minimum atomic E-state index is -0.761. The number of aromatic nitrogens is 3. The molecule has 2 rings (SSSR count). The summed E-state index contributed by atoms with van der Waals surface area (Å²) < 4.78 is 1.65. The number of para-hydroxylation sites is 1. The maximum atomic E-state index is 12.0. The summed E-state index contributed by atoms with van der Waals surface area (Å²) in [5.41, 5.74) is 1.62. The number of rotatable bonds is 20. The van der Waals surface area contributed by atoms with Crippen LogP contribution in [0.4, 0.5) is 0 Å². The summed E-state index contributed by atoms with van der Waals surface area (Å²) in [5.74, 6) is -1.26. The predicted molar refractivity (Wildman–Crippen MR) is 136 cm³/mol. The molecule has 0 spiro atoms. The van der Waals surface area contributed by atoms with Crippen molar-refractivity contribution in [1.29, 1.82) is 0 Å². The molecule has 0 amide bonds. The molecule has 0 aliphatic carbocycles. The average molecular weight is 456 g/mol. The van der Waals surface area contributed by atoms with Crippen LogP contribution in [-0.4, -0.2) is 26.1 Å². The van der Waals surface area contributed by atoms with Gasteiger partial charge in [0.2, 0.25) is 0 Å². The van der Waals surface area contributed by atoms with E-state index >= 15 is 0 Å². The molecule has 1 atom stereocenters. The van der Waals surface area contributed by atoms with Crippen LogP contribution in [0.3, 0.4) is 0 Å². The van der Waals surface area contributed by atoms with Gasteiger partial charge in [-0.15, -0.1) is 5.10 Å². The minimum Gasteiger partial charge on any atom is -0.481 e. The van der Waals surface area contributed by atoms with Crippen LogP contribution in [0.5, 0.6) is 0 Å². The molecule has 2 aromatic rings. The highest BCUT2D eigenvalue weighted by atomic mass is 16.4. The fourth-order valence-corrected chi connectivity index (χ4v) is 4.64. The molecule has 184 valence electrons. The Morgan fingerprint density at radius 2 is 1.33 bits per heavy atom. The second-order valence-corrected chi connectivity index (χ2v) is 9.39. The number of unbranched alkanes of at least 4 members (excludes halogenated alkanes) is 15. The van der Waals surface area contributed by atoms with E-state index in [1.165, 1.54) is 89.9 Å². The van der Waals surface area contributed by atoms with E-state index in [9.17, 15) is 9.90 Å². The van der Waals surface area contributed by atoms with Crippen LogP contribution in [0, 0.1) is 0 Å². The van der Waals surface area contributed by atoms with Gasteiger partial charge in [-0.25, -0.2) is 4.68 Å². The topological polar surface area (TPSA) is 68.0 Å². The molecule has 0 saturated heterocycles. The Bertz CT molecular complexity index is 745. The van der Waals surface area contributed by atoms with Crippen molar-refractivity contribution in [2.24, 2.45) is 0 Å². The third-order valence-electron chi connectivity index (χ3n) is 6.63. The predicted octanol–water partition coefficient (Wildman–Crippen LogP) is 8.09. The molecule has 0 aliphatic heterocycles. The van der Waals surface area contributed by atoms with Crippen LogP contribution in [0.25, 0.3) is 5.69 Å². The van der Waals surface area contributed by atoms with Gasteiger partial charge in [-0.05, 0) is 18.1 Å². The van der Waals surface area contributed by atoms with Crippen LogP contribution >= 0.6 is 0 Å². The van der Waals surface area contributed by atoms with E-state index in [0.29, 0.717) is 6.42 Å². The second kappa shape index (κ2) is 17.3. The summed E-state index contributed by atoms with van der Waals surface area (Å²) in [4.78, 5) is 12.0. The molecule has 0 fully saturated rings. The van der Waals surface area contributed by atoms with Crippen LogP contribution < -0.4 is 0 Å². The molecule has 1 aromatic heterocycles. The number of carboxylic acids is 1. The van der Waals surface area contributed by atoms with E-state index in [1.807, 2.05) is 24.3 Å². The molecule has 33 heavy (non-hydrogen) atoms. The Balaban J connectivity index is 1.53. The fraction of sp³-hybridized carbons (Fsp3) is 0.679. The van der Waals surface area contributed by atoms with Crippen molar-refractivity contribution in [3.8, 4) is 5.69 Å². The van der Waals surface area contributed by atoms with Crippen molar-refractivity contribution in [2.45, 2.75) is 122 Å². The standard InChI is InChI=1S/C28H45N3O2/c1-2-3-4-5-6-7-8-9-10-11-12-13-14-15-16-17-21-26(28(32)33)25-20-18-19-22-27(25)31-24-23-29-30-31/h18-20,22-24,26H,2-17,21H2,1H3,(H,32,33). The largest absolute Gasteiger partial charge is 0.481 e. The maximum absolute atomic E-state index is 12.0. The first-order valence-corrected chi connectivity index (χ1v) is 13.4. The molecule has 0 aliphatic rings. The Labute approximate surface area is 201 Å². The molecule has 1 unspecified atom stereocenters. The zero-order valence-electron chi connectivity index (χ0n) is 20.8. The molecule has 0 bridgehead atoms. The van der Waals surface area contributed by atoms with Crippen molar-refractivity contribution >= 4 is 5.97 Å². The van der Waals surface area contributed by atoms with E-state index in [-0.39, 0.29) is 0 Å². The summed E-state index contributed by atoms with van der Waals surface area (Å²) in [6.45, 7) is 2.28. The van der Waals surface area contributed by atoms with E-state index < -0.39 is 11.9 Å². The SMILES string of the molecule is CCCCCCCCCCCCCCCCCCC(C(=O)O)c1ccccc1-n1ccnn1. The van der Waals surface area contributed by atoms with Gasteiger partial charge in [0.25, 0.3) is 0 Å². The van der Waals surface area contributed by atoms with Gasteiger partial charge in [0.1, 0.15) is 0 Å². The van der Waals surface area contributed by atoms with E-state index in [1.54, 1.807) is 17.1 Å². The zero-order valence-corrected chi connectivity index (χ0v) is 20.8. The Morgan fingerprint density at radius 1 is 0.818 bits per heavy atom. The van der Waals surface area contributed by atoms with Gasteiger partial charge in [0, 0.05) is 0 Å². The summed E-state index contributed by atoms with van der Waals surface area (Å²) in [6.07, 6.45) is 25.2. The smallest absolute Gasteiger partial charge is 0.311 e. The number of hydrogen-bond donors (Lipinski definition) is 1. The zero-order chi connectivity index (χ0) is 23.6. The highest BCUT2D eigenvalue weighted by Gasteiger charge is 2.23. The van der Waals surface area contributed by atoms with Gasteiger partial charge >= 0.3 is 5.97 Å². The number of benzene rings is 1. The normalized spacial score (nSPS) is 12.2. The molecule has 5 nitrogen and oxygen atoms in total. The Morgan fingerprint density at radius 3 is 1.82 bits per heavy atom. The maximum Gasteiger partial charge on any atom is 0.311 e. The number of carbonyl (C=O) groups is 1. The van der Waals surface area contributed by atoms with Crippen LogP contribution in [0.15, 0.2) is 36.7 Å². The van der Waals surface area contributed by atoms with Crippen LogP contribution in [0.2, 0.25) is 0 Å². The monoisotopic (exact) mass is 455 g/mol. The van der Waals surface area contributed by atoms with Crippen molar-refractivity contribution in [2.75, 3.05) is 0 Å². The van der Waals surface area contributed by atoms with E-state index in [2.05, 4.69) is 17.2 Å². The lowest BCUT2D eigenvalue weighted by atomic mass is 9.91. The molecular weight excluding hydrogens is 410 g/mol. The van der Waals surface area contributed by atoms with Gasteiger partial charge in [0.15, 0.2) is 0 Å². The lowest BCUT2D eigenvalue weighted by Gasteiger charge is -2.16. The quantitative estimate of drug-likeness (QED) is 0.205. The van der Waals surface area contributed by atoms with Gasteiger partial charge in [-0.2, -0.15) is 0 Å². The molecule has 1 N–H and O–H groups in total. The number of nitrogens with zero attached hydrogens (tertiary/aromatic N) is 3. The lowest BCUT2D eigenvalue weighted by Crippen LogP contribution is -2.14. The van der Waals surface area contributed by atoms with Crippen molar-refractivity contribution in [3.05, 3.63) is 42.2 Å². The second-order valence-electron chi connectivity index (χ2n) is 9.39. The molecule has 1 heterocycles. The highest BCUT2D eigenvalue weighted by molar-refractivity contribution is 5.77. The Kier molecular flexibility index (Phi) is 14.2. The van der Waals surface area contributed by atoms with Crippen molar-refractivity contribution < 1.29 is 9.90 Å². The van der Waals surface area contributed by atoms with Gasteiger partial charge in [-0.3, -0.25) is 4.79 Å². The first-order chi connectivity index (χ1) is 16.2. The first kappa shape index (κ1) is 27.1. The van der Waals surface area contributed by atoms with E-state index in [4.69, 9.17) is 0 Å². The Hall–Kier alpha value is -2.17. The lowest BCUT2D eigenvalue weighted by molar-refractivity contribution is -0.139. The van der Waals surface area contributed by atoms with E-state index in [0.717, 1.165) is 24.1 Å². The number of hydrogen-bond acceptors (Lipinski definition) is 3. The van der Waals surface area contributed by atoms with Gasteiger partial charge in [0.05, 0.1) is 24.0 Å². The summed E-state index contributed by atoms with van der Waals surface area (Å²) in [6, 6.07) is 7.63. The summed E-state index contributed by atoms with van der Waals surface area (Å²) in [7, 11) is 0. The third kappa shape index (κ3) is 11.0. The van der Waals surface area contributed by atoms with Crippen molar-refractivity contribution in [1.82, 2.24) is 15.0 Å². The molecule has 0 saturated carbocycles. The summed E-state index contributed by atoms with van der Waals surface area (Å²) in [5, 5.41) is 17.7. The first-order valence-electron chi connectivity index (χ1n) is 13.4. The molecule has 1 aromatic carbocycles. The molecule has 5 heteroatoms. The van der Waals surface area contributed by atoms with Gasteiger partial charge < -0.3 is 5.11 Å². The summed E-state index contributed by atoms with van der Waals surface area (Å²) >= 11 is 0. The number of aliphatic carboxylic acids is 1. The average Bonchev–Trinajstić information content (AvgIpc) is 3.36. The van der Waals surface area contributed by atoms with Crippen LogP contribution in [-0.2, 0) is 4.79 Å².